The fraction of sp³-hybridized carbons (Fsp3) is 0.231. The Morgan fingerprint density at radius 2 is 1.78 bits per heavy atom. The Balaban J connectivity index is 2.46. The molecule has 2 rings (SSSR count). The van der Waals surface area contributed by atoms with Gasteiger partial charge >= 0.3 is 6.18 Å². The van der Waals surface area contributed by atoms with Gasteiger partial charge in [0.15, 0.2) is 10.9 Å². The summed E-state index contributed by atoms with van der Waals surface area (Å²) in [6, 6.07) is 1.46. The van der Waals surface area contributed by atoms with Crippen molar-refractivity contribution in [1.29, 1.82) is 0 Å². The molecule has 0 atom stereocenters. The molecular weight excluding hydrogens is 374 g/mol. The average molecular weight is 384 g/mol. The van der Waals surface area contributed by atoms with E-state index < -0.39 is 11.7 Å². The summed E-state index contributed by atoms with van der Waals surface area (Å²) in [4.78, 5) is 0. The van der Waals surface area contributed by atoms with Gasteiger partial charge in [-0.1, -0.05) is 23.2 Å². The minimum absolute atomic E-state index is 0.00469. The summed E-state index contributed by atoms with van der Waals surface area (Å²) in [7, 11) is 0. The Labute approximate surface area is 144 Å². The highest BCUT2D eigenvalue weighted by atomic mass is 35.5. The molecule has 0 unspecified atom stereocenters. The van der Waals surface area contributed by atoms with E-state index in [1.165, 1.54) is 4.68 Å². The molecule has 10 heteroatoms. The molecule has 2 aromatic rings. The molecule has 1 aromatic carbocycles. The zero-order valence-electron chi connectivity index (χ0n) is 11.8. The first-order chi connectivity index (χ1) is 10.5. The van der Waals surface area contributed by atoms with Crippen molar-refractivity contribution < 1.29 is 17.9 Å². The highest BCUT2D eigenvalue weighted by Gasteiger charge is 2.32. The number of halogens is 5. The van der Waals surface area contributed by atoms with Gasteiger partial charge in [-0.25, -0.2) is 4.68 Å². The molecule has 0 aliphatic heterocycles. The van der Waals surface area contributed by atoms with E-state index in [2.05, 4.69) is 5.10 Å². The number of aromatic nitrogens is 2. The average Bonchev–Trinajstić information content (AvgIpc) is 2.69. The molecule has 1 aromatic heterocycles. The van der Waals surface area contributed by atoms with Crippen LogP contribution in [0.5, 0.6) is 11.6 Å². The maximum absolute atomic E-state index is 12.7. The lowest BCUT2D eigenvalue weighted by molar-refractivity contribution is -0.137. The molecular formula is C13H10Cl2F3N3OS. The molecule has 0 radical (unpaired) electrons. The molecule has 0 bridgehead atoms. The van der Waals surface area contributed by atoms with E-state index in [9.17, 15) is 13.2 Å². The monoisotopic (exact) mass is 383 g/mol. The molecule has 0 aliphatic carbocycles. The largest absolute Gasteiger partial charge is 0.434 e. The van der Waals surface area contributed by atoms with E-state index >= 15 is 0 Å². The van der Waals surface area contributed by atoms with Gasteiger partial charge in [0, 0.05) is 5.56 Å². The third-order valence-corrected chi connectivity index (χ3v) is 3.84. The standard InChI is InChI=1S/C13H10Cl2F3N3OS/c1-5-6(2)21(12(19)23)20-11(5)22-10-8(14)3-7(4-9(10)15)13(16,17)18/h3-4H,1-2H3,(H2,19,23). The van der Waals surface area contributed by atoms with Crippen molar-refractivity contribution in [3.8, 4) is 11.6 Å². The molecule has 0 spiro atoms. The summed E-state index contributed by atoms with van der Waals surface area (Å²) in [5.74, 6) is -0.0316. The number of nitrogens with zero attached hydrogens (tertiary/aromatic N) is 2. The van der Waals surface area contributed by atoms with E-state index in [0.717, 1.165) is 12.1 Å². The number of hydrogen-bond donors (Lipinski definition) is 1. The van der Waals surface area contributed by atoms with Crippen LogP contribution in [0.25, 0.3) is 0 Å². The molecule has 124 valence electrons. The Kier molecular flexibility index (Phi) is 4.79. The van der Waals surface area contributed by atoms with Gasteiger partial charge in [-0.3, -0.25) is 0 Å². The van der Waals surface area contributed by atoms with Gasteiger partial charge in [0.1, 0.15) is 0 Å². The second kappa shape index (κ2) is 6.18. The minimum atomic E-state index is -4.56. The Bertz CT molecular complexity index is 766. The summed E-state index contributed by atoms with van der Waals surface area (Å²) >= 11 is 16.6. The van der Waals surface area contributed by atoms with E-state index in [4.69, 9.17) is 45.9 Å². The summed E-state index contributed by atoms with van der Waals surface area (Å²) in [6.07, 6.45) is -4.56. The van der Waals surface area contributed by atoms with Crippen LogP contribution in [0.1, 0.15) is 16.8 Å². The smallest absolute Gasteiger partial charge is 0.416 e. The molecule has 0 aliphatic rings. The van der Waals surface area contributed by atoms with Gasteiger partial charge in [0.05, 0.1) is 21.3 Å². The maximum atomic E-state index is 12.7. The quantitative estimate of drug-likeness (QED) is 0.762. The predicted octanol–water partition coefficient (Wildman–Crippen LogP) is 4.71. The second-order valence-corrected chi connectivity index (χ2v) is 5.87. The van der Waals surface area contributed by atoms with E-state index in [-0.39, 0.29) is 26.8 Å². The van der Waals surface area contributed by atoms with Crippen LogP contribution in [0, 0.1) is 13.8 Å². The van der Waals surface area contributed by atoms with Gasteiger partial charge in [-0.2, -0.15) is 13.2 Å². The molecule has 2 N–H and O–H groups in total. The number of alkyl halides is 3. The number of benzene rings is 1. The zero-order valence-corrected chi connectivity index (χ0v) is 14.2. The summed E-state index contributed by atoms with van der Waals surface area (Å²) in [5.41, 5.74) is 5.78. The van der Waals surface area contributed by atoms with Crippen LogP contribution < -0.4 is 10.5 Å². The fourth-order valence-corrected chi connectivity index (χ4v) is 2.53. The predicted molar refractivity (Wildman–Crippen MR) is 85.4 cm³/mol. The number of nitrogens with two attached hydrogens (primary N) is 1. The SMILES string of the molecule is Cc1c(Oc2c(Cl)cc(C(F)(F)F)cc2Cl)nn(C(N)=S)c1C. The number of rotatable bonds is 2. The lowest BCUT2D eigenvalue weighted by atomic mass is 10.2. The normalized spacial score (nSPS) is 11.6. The van der Waals surface area contributed by atoms with Crippen LogP contribution in [0.3, 0.4) is 0 Å². The Morgan fingerprint density at radius 1 is 1.26 bits per heavy atom. The van der Waals surface area contributed by atoms with Crippen molar-refractivity contribution in [3.63, 3.8) is 0 Å². The van der Waals surface area contributed by atoms with E-state index in [0.29, 0.717) is 11.3 Å². The van der Waals surface area contributed by atoms with Crippen LogP contribution in [-0.2, 0) is 6.18 Å². The maximum Gasteiger partial charge on any atom is 0.416 e. The summed E-state index contributed by atoms with van der Waals surface area (Å²) in [5, 5.41) is 3.48. The lowest BCUT2D eigenvalue weighted by Crippen LogP contribution is -2.21. The molecule has 0 saturated carbocycles. The van der Waals surface area contributed by atoms with Crippen molar-refractivity contribution in [3.05, 3.63) is 39.0 Å². The van der Waals surface area contributed by atoms with Gasteiger partial charge in [0.25, 0.3) is 0 Å². The molecule has 0 amide bonds. The number of hydrogen-bond acceptors (Lipinski definition) is 3. The number of thiocarbonyl (C=S) groups is 1. The van der Waals surface area contributed by atoms with Crippen LogP contribution in [0.4, 0.5) is 13.2 Å². The third-order valence-electron chi connectivity index (χ3n) is 3.11. The Hall–Kier alpha value is -1.51. The fourth-order valence-electron chi connectivity index (χ4n) is 1.78. The molecule has 1 heterocycles. The summed E-state index contributed by atoms with van der Waals surface area (Å²) < 4.78 is 44.9. The molecule has 0 saturated heterocycles. The molecule has 23 heavy (non-hydrogen) atoms. The third kappa shape index (κ3) is 3.54. The molecule has 0 fully saturated rings. The minimum Gasteiger partial charge on any atom is -0.434 e. The van der Waals surface area contributed by atoms with Crippen LogP contribution in [-0.4, -0.2) is 14.9 Å². The van der Waals surface area contributed by atoms with Gasteiger partial charge < -0.3 is 10.5 Å². The van der Waals surface area contributed by atoms with Crippen LogP contribution >= 0.6 is 35.4 Å². The molecule has 4 nitrogen and oxygen atoms in total. The second-order valence-electron chi connectivity index (χ2n) is 4.63. The highest BCUT2D eigenvalue weighted by molar-refractivity contribution is 7.80. The van der Waals surface area contributed by atoms with Crippen LogP contribution in [0.15, 0.2) is 12.1 Å². The Morgan fingerprint density at radius 3 is 2.17 bits per heavy atom. The van der Waals surface area contributed by atoms with E-state index in [1.54, 1.807) is 13.8 Å². The van der Waals surface area contributed by atoms with Gasteiger partial charge in [-0.15, -0.1) is 5.10 Å². The first kappa shape index (κ1) is 17.8. The van der Waals surface area contributed by atoms with Gasteiger partial charge in [0.2, 0.25) is 5.88 Å². The van der Waals surface area contributed by atoms with Crippen molar-refractivity contribution in [2.45, 2.75) is 20.0 Å². The first-order valence-electron chi connectivity index (χ1n) is 6.12. The topological polar surface area (TPSA) is 53.1 Å². The van der Waals surface area contributed by atoms with Crippen molar-refractivity contribution >= 4 is 40.5 Å². The number of ether oxygens (including phenoxy) is 1. The first-order valence-corrected chi connectivity index (χ1v) is 7.29. The van der Waals surface area contributed by atoms with E-state index in [1.807, 2.05) is 0 Å². The van der Waals surface area contributed by atoms with Crippen molar-refractivity contribution in [2.24, 2.45) is 5.73 Å². The summed E-state index contributed by atoms with van der Waals surface area (Å²) in [6.45, 7) is 3.41. The lowest BCUT2D eigenvalue weighted by Gasteiger charge is -2.12. The van der Waals surface area contributed by atoms with Crippen molar-refractivity contribution in [2.75, 3.05) is 0 Å². The van der Waals surface area contributed by atoms with Gasteiger partial charge in [-0.05, 0) is 38.2 Å². The van der Waals surface area contributed by atoms with Crippen molar-refractivity contribution in [1.82, 2.24) is 9.78 Å². The highest BCUT2D eigenvalue weighted by Crippen LogP contribution is 2.42. The zero-order chi connectivity index (χ0) is 17.5. The van der Waals surface area contributed by atoms with Crippen LogP contribution in [0.2, 0.25) is 10.0 Å².